The van der Waals surface area contributed by atoms with E-state index in [1.165, 1.54) is 12.1 Å². The molecule has 0 aliphatic rings. The van der Waals surface area contributed by atoms with Crippen LogP contribution < -0.4 is 10.6 Å². The summed E-state index contributed by atoms with van der Waals surface area (Å²) in [5.74, 6) is 0.702. The number of nitrogens with one attached hydrogen (secondary N) is 2. The third-order valence-corrected chi connectivity index (χ3v) is 2.89. The van der Waals surface area contributed by atoms with Crippen molar-refractivity contribution >= 4 is 29.1 Å². The fraction of sp³-hybridized carbons (Fsp3) is 0.286. The summed E-state index contributed by atoms with van der Waals surface area (Å²) >= 11 is 5.65. The molecule has 2 N–H and O–H groups in total. The Morgan fingerprint density at radius 2 is 2.05 bits per heavy atom. The summed E-state index contributed by atoms with van der Waals surface area (Å²) in [6, 6.07) is 6.33. The van der Waals surface area contributed by atoms with E-state index in [1.807, 2.05) is 6.92 Å². The van der Waals surface area contributed by atoms with E-state index in [1.54, 1.807) is 12.1 Å². The molecule has 6 heteroatoms. The molecule has 0 atom stereocenters. The highest BCUT2D eigenvalue weighted by Crippen LogP contribution is 2.22. The first-order chi connectivity index (χ1) is 9.58. The van der Waals surface area contributed by atoms with Gasteiger partial charge in [0.05, 0.1) is 5.02 Å². The van der Waals surface area contributed by atoms with Crippen LogP contribution in [0.1, 0.15) is 19.0 Å². The van der Waals surface area contributed by atoms with Crippen LogP contribution in [0.3, 0.4) is 0 Å². The fourth-order valence-electron chi connectivity index (χ4n) is 1.67. The highest BCUT2D eigenvalue weighted by molar-refractivity contribution is 6.30. The summed E-state index contributed by atoms with van der Waals surface area (Å²) in [5, 5.41) is 6.26. The maximum atomic E-state index is 13.4. The third kappa shape index (κ3) is 3.81. The van der Waals surface area contributed by atoms with Gasteiger partial charge in [-0.25, -0.2) is 9.37 Å². The average molecular weight is 295 g/mol. The Hall–Kier alpha value is -1.88. The van der Waals surface area contributed by atoms with E-state index in [2.05, 4.69) is 27.5 Å². The SMILES string of the molecule is CCCNc1nc(C)cc(Nc2ccc(Cl)c(F)c2)n1. The normalized spacial score (nSPS) is 10.4. The van der Waals surface area contributed by atoms with Gasteiger partial charge in [-0.2, -0.15) is 4.98 Å². The van der Waals surface area contributed by atoms with Gasteiger partial charge >= 0.3 is 0 Å². The van der Waals surface area contributed by atoms with Gasteiger partial charge in [-0.1, -0.05) is 18.5 Å². The molecule has 0 bridgehead atoms. The van der Waals surface area contributed by atoms with Gasteiger partial charge in [-0.15, -0.1) is 0 Å². The molecular weight excluding hydrogens is 279 g/mol. The molecule has 0 radical (unpaired) electrons. The molecule has 2 aromatic rings. The van der Waals surface area contributed by atoms with Gasteiger partial charge < -0.3 is 10.6 Å². The molecule has 0 aliphatic heterocycles. The maximum Gasteiger partial charge on any atom is 0.224 e. The molecule has 0 fully saturated rings. The summed E-state index contributed by atoms with van der Waals surface area (Å²) in [4.78, 5) is 8.62. The summed E-state index contributed by atoms with van der Waals surface area (Å²) in [6.45, 7) is 4.75. The fourth-order valence-corrected chi connectivity index (χ4v) is 1.79. The highest BCUT2D eigenvalue weighted by Gasteiger charge is 2.05. The predicted molar refractivity (Wildman–Crippen MR) is 80.2 cm³/mol. The molecular formula is C14H16ClFN4. The number of hydrogen-bond donors (Lipinski definition) is 2. The van der Waals surface area contributed by atoms with Gasteiger partial charge in [-0.05, 0) is 31.5 Å². The first-order valence-electron chi connectivity index (χ1n) is 6.40. The second-order valence-corrected chi connectivity index (χ2v) is 4.81. The van der Waals surface area contributed by atoms with Crippen molar-refractivity contribution in [3.63, 3.8) is 0 Å². The molecule has 1 aromatic carbocycles. The number of halogens is 2. The lowest BCUT2D eigenvalue weighted by Crippen LogP contribution is -2.06. The first-order valence-corrected chi connectivity index (χ1v) is 6.78. The van der Waals surface area contributed by atoms with Crippen molar-refractivity contribution in [3.8, 4) is 0 Å². The van der Waals surface area contributed by atoms with E-state index in [-0.39, 0.29) is 5.02 Å². The molecule has 1 heterocycles. The lowest BCUT2D eigenvalue weighted by molar-refractivity contribution is 0.629. The van der Waals surface area contributed by atoms with Crippen molar-refractivity contribution in [2.75, 3.05) is 17.2 Å². The maximum absolute atomic E-state index is 13.4. The number of anilines is 3. The van der Waals surface area contributed by atoms with Crippen LogP contribution in [0.15, 0.2) is 24.3 Å². The van der Waals surface area contributed by atoms with Gasteiger partial charge in [0.1, 0.15) is 11.6 Å². The quantitative estimate of drug-likeness (QED) is 0.870. The monoisotopic (exact) mass is 294 g/mol. The van der Waals surface area contributed by atoms with Crippen LogP contribution in [0, 0.1) is 12.7 Å². The molecule has 0 aliphatic carbocycles. The van der Waals surface area contributed by atoms with Crippen LogP contribution in [-0.4, -0.2) is 16.5 Å². The van der Waals surface area contributed by atoms with Gasteiger partial charge in [0, 0.05) is 24.0 Å². The Labute approximate surface area is 122 Å². The van der Waals surface area contributed by atoms with E-state index >= 15 is 0 Å². The Morgan fingerprint density at radius 1 is 1.25 bits per heavy atom. The number of hydrogen-bond acceptors (Lipinski definition) is 4. The Bertz CT molecular complexity index is 604. The number of benzene rings is 1. The van der Waals surface area contributed by atoms with E-state index in [9.17, 15) is 4.39 Å². The van der Waals surface area contributed by atoms with E-state index in [4.69, 9.17) is 11.6 Å². The minimum atomic E-state index is -0.466. The smallest absolute Gasteiger partial charge is 0.224 e. The Morgan fingerprint density at radius 3 is 2.75 bits per heavy atom. The van der Waals surface area contributed by atoms with Crippen molar-refractivity contribution in [1.29, 1.82) is 0 Å². The van der Waals surface area contributed by atoms with Crippen molar-refractivity contribution in [2.45, 2.75) is 20.3 Å². The minimum Gasteiger partial charge on any atom is -0.354 e. The van der Waals surface area contributed by atoms with Crippen LogP contribution in [-0.2, 0) is 0 Å². The molecule has 0 saturated carbocycles. The second-order valence-electron chi connectivity index (χ2n) is 4.40. The van der Waals surface area contributed by atoms with E-state index in [0.717, 1.165) is 18.7 Å². The molecule has 0 spiro atoms. The standard InChI is InChI=1S/C14H16ClFN4/c1-3-6-17-14-18-9(2)7-13(20-14)19-10-4-5-11(15)12(16)8-10/h4-5,7-8H,3,6H2,1-2H3,(H2,17,18,19,20). The molecule has 4 nitrogen and oxygen atoms in total. The van der Waals surface area contributed by atoms with Gasteiger partial charge in [0.25, 0.3) is 0 Å². The molecule has 0 unspecified atom stereocenters. The second kappa shape index (κ2) is 6.52. The lowest BCUT2D eigenvalue weighted by atomic mass is 10.3. The highest BCUT2D eigenvalue weighted by atomic mass is 35.5. The number of aryl methyl sites for hydroxylation is 1. The van der Waals surface area contributed by atoms with E-state index < -0.39 is 5.82 Å². The third-order valence-electron chi connectivity index (χ3n) is 2.58. The Kier molecular flexibility index (Phi) is 4.74. The zero-order valence-corrected chi connectivity index (χ0v) is 12.1. The van der Waals surface area contributed by atoms with Crippen molar-refractivity contribution in [3.05, 3.63) is 40.8 Å². The van der Waals surface area contributed by atoms with Crippen LogP contribution in [0.2, 0.25) is 5.02 Å². The van der Waals surface area contributed by atoms with Crippen LogP contribution in [0.4, 0.5) is 21.8 Å². The van der Waals surface area contributed by atoms with Crippen LogP contribution in [0.5, 0.6) is 0 Å². The molecule has 106 valence electrons. The number of rotatable bonds is 5. The van der Waals surface area contributed by atoms with Gasteiger partial charge in [-0.3, -0.25) is 0 Å². The van der Waals surface area contributed by atoms with Crippen LogP contribution in [0.25, 0.3) is 0 Å². The predicted octanol–water partition coefficient (Wildman–Crippen LogP) is 4.14. The average Bonchev–Trinajstić information content (AvgIpc) is 2.40. The zero-order valence-electron chi connectivity index (χ0n) is 11.4. The molecule has 0 amide bonds. The number of aromatic nitrogens is 2. The summed E-state index contributed by atoms with van der Waals surface area (Å²) in [5.41, 5.74) is 1.42. The first kappa shape index (κ1) is 14.5. The van der Waals surface area contributed by atoms with Crippen LogP contribution >= 0.6 is 11.6 Å². The van der Waals surface area contributed by atoms with Crippen molar-refractivity contribution < 1.29 is 4.39 Å². The van der Waals surface area contributed by atoms with Crippen molar-refractivity contribution in [2.24, 2.45) is 0 Å². The summed E-state index contributed by atoms with van der Waals surface area (Å²) < 4.78 is 13.4. The molecule has 1 aromatic heterocycles. The Balaban J connectivity index is 2.19. The van der Waals surface area contributed by atoms with Gasteiger partial charge in [0.2, 0.25) is 5.95 Å². The number of nitrogens with zero attached hydrogens (tertiary/aromatic N) is 2. The van der Waals surface area contributed by atoms with Gasteiger partial charge in [0.15, 0.2) is 0 Å². The molecule has 2 rings (SSSR count). The largest absolute Gasteiger partial charge is 0.354 e. The van der Waals surface area contributed by atoms with Crippen molar-refractivity contribution in [1.82, 2.24) is 9.97 Å². The lowest BCUT2D eigenvalue weighted by Gasteiger charge is -2.09. The topological polar surface area (TPSA) is 49.8 Å². The van der Waals surface area contributed by atoms with E-state index in [0.29, 0.717) is 17.5 Å². The summed E-state index contributed by atoms with van der Waals surface area (Å²) in [7, 11) is 0. The minimum absolute atomic E-state index is 0.0970. The summed E-state index contributed by atoms with van der Waals surface area (Å²) in [6.07, 6.45) is 0.989. The molecule has 20 heavy (non-hydrogen) atoms. The molecule has 0 saturated heterocycles. The zero-order chi connectivity index (χ0) is 14.5.